The SMILES string of the molecule is C[C@H](OC(=O)c1ccc(=O)n(C)c1)c1nc2ccccc2o1. The van der Waals surface area contributed by atoms with Gasteiger partial charge in [0.05, 0.1) is 5.56 Å². The van der Waals surface area contributed by atoms with Gasteiger partial charge in [0.2, 0.25) is 11.4 Å². The van der Waals surface area contributed by atoms with E-state index < -0.39 is 12.1 Å². The molecule has 3 aromatic rings. The second kappa shape index (κ2) is 5.48. The third-order valence-electron chi connectivity index (χ3n) is 3.26. The molecule has 0 aliphatic heterocycles. The molecule has 0 fully saturated rings. The molecule has 0 amide bonds. The Morgan fingerprint density at radius 3 is 2.77 bits per heavy atom. The van der Waals surface area contributed by atoms with Crippen LogP contribution in [0.1, 0.15) is 29.3 Å². The molecule has 0 spiro atoms. The van der Waals surface area contributed by atoms with E-state index in [0.29, 0.717) is 22.6 Å². The molecular weight excluding hydrogens is 284 g/mol. The summed E-state index contributed by atoms with van der Waals surface area (Å²) in [4.78, 5) is 27.7. The Bertz CT molecular complexity index is 861. The fraction of sp³-hybridized carbons (Fsp3) is 0.188. The lowest BCUT2D eigenvalue weighted by molar-refractivity contribution is 0.0281. The molecule has 0 aliphatic carbocycles. The molecule has 6 heteroatoms. The van der Waals surface area contributed by atoms with Gasteiger partial charge in [0.25, 0.3) is 0 Å². The van der Waals surface area contributed by atoms with Crippen LogP contribution in [0.2, 0.25) is 0 Å². The van der Waals surface area contributed by atoms with E-state index >= 15 is 0 Å². The summed E-state index contributed by atoms with van der Waals surface area (Å²) in [6, 6.07) is 10.1. The molecular formula is C16H14N2O4. The number of carbonyl (C=O) groups is 1. The van der Waals surface area contributed by atoms with Gasteiger partial charge in [-0.25, -0.2) is 9.78 Å². The number of pyridine rings is 1. The Morgan fingerprint density at radius 2 is 2.05 bits per heavy atom. The van der Waals surface area contributed by atoms with Crippen molar-refractivity contribution in [1.29, 1.82) is 0 Å². The molecule has 2 aromatic heterocycles. The Kier molecular flexibility index (Phi) is 3.50. The molecule has 0 unspecified atom stereocenters. The zero-order chi connectivity index (χ0) is 15.7. The summed E-state index contributed by atoms with van der Waals surface area (Å²) in [7, 11) is 1.57. The van der Waals surface area contributed by atoms with Crippen molar-refractivity contribution in [3.63, 3.8) is 0 Å². The maximum atomic E-state index is 12.1. The first-order valence-electron chi connectivity index (χ1n) is 6.78. The van der Waals surface area contributed by atoms with Gasteiger partial charge in [-0.2, -0.15) is 0 Å². The van der Waals surface area contributed by atoms with E-state index in [1.165, 1.54) is 22.9 Å². The number of carbonyl (C=O) groups excluding carboxylic acids is 1. The second-order valence-electron chi connectivity index (χ2n) is 4.93. The highest BCUT2D eigenvalue weighted by atomic mass is 16.6. The van der Waals surface area contributed by atoms with Gasteiger partial charge in [0, 0.05) is 19.3 Å². The lowest BCUT2D eigenvalue weighted by atomic mass is 10.3. The van der Waals surface area contributed by atoms with E-state index in [0.717, 1.165) is 0 Å². The number of fused-ring (bicyclic) bond motifs is 1. The third kappa shape index (κ3) is 2.63. The molecule has 1 aromatic carbocycles. The van der Waals surface area contributed by atoms with E-state index in [9.17, 15) is 9.59 Å². The quantitative estimate of drug-likeness (QED) is 0.694. The maximum Gasteiger partial charge on any atom is 0.340 e. The van der Waals surface area contributed by atoms with Crippen molar-refractivity contribution in [2.75, 3.05) is 0 Å². The van der Waals surface area contributed by atoms with Gasteiger partial charge in [0.1, 0.15) is 5.52 Å². The van der Waals surface area contributed by atoms with Gasteiger partial charge < -0.3 is 13.7 Å². The van der Waals surface area contributed by atoms with E-state index in [1.807, 2.05) is 18.2 Å². The van der Waals surface area contributed by atoms with Crippen molar-refractivity contribution < 1.29 is 13.9 Å². The van der Waals surface area contributed by atoms with Crippen molar-refractivity contribution in [2.45, 2.75) is 13.0 Å². The number of oxazole rings is 1. The summed E-state index contributed by atoms with van der Waals surface area (Å²) in [5.74, 6) is -0.204. The average molecular weight is 298 g/mol. The van der Waals surface area contributed by atoms with Crippen LogP contribution in [0.4, 0.5) is 0 Å². The predicted octanol–water partition coefficient (Wildman–Crippen LogP) is 2.44. The number of ether oxygens (including phenoxy) is 1. The lowest BCUT2D eigenvalue weighted by Gasteiger charge is -2.10. The van der Waals surface area contributed by atoms with Crippen molar-refractivity contribution in [2.24, 2.45) is 7.05 Å². The van der Waals surface area contributed by atoms with E-state index in [-0.39, 0.29) is 5.56 Å². The molecule has 3 rings (SSSR count). The summed E-state index contributed by atoms with van der Waals surface area (Å²) >= 11 is 0. The summed E-state index contributed by atoms with van der Waals surface area (Å²) in [6.07, 6.45) is 0.806. The molecule has 0 aliphatic rings. The van der Waals surface area contributed by atoms with Crippen LogP contribution in [-0.2, 0) is 11.8 Å². The number of aryl methyl sites for hydroxylation is 1. The fourth-order valence-corrected chi connectivity index (χ4v) is 2.06. The van der Waals surface area contributed by atoms with Crippen molar-refractivity contribution in [3.8, 4) is 0 Å². The molecule has 22 heavy (non-hydrogen) atoms. The maximum absolute atomic E-state index is 12.1. The highest BCUT2D eigenvalue weighted by Gasteiger charge is 2.19. The van der Waals surface area contributed by atoms with Crippen LogP contribution in [0.25, 0.3) is 11.1 Å². The van der Waals surface area contributed by atoms with Crippen molar-refractivity contribution in [3.05, 3.63) is 64.4 Å². The number of para-hydroxylation sites is 2. The first-order chi connectivity index (χ1) is 10.5. The van der Waals surface area contributed by atoms with E-state index in [2.05, 4.69) is 4.98 Å². The standard InChI is InChI=1S/C16H14N2O4/c1-10(15-17-12-5-3-4-6-13(12)22-15)21-16(20)11-7-8-14(19)18(2)9-11/h3-10H,1-2H3/t10-/m0/s1. The van der Waals surface area contributed by atoms with Crippen LogP contribution >= 0.6 is 0 Å². The Labute approximate surface area is 126 Å². The van der Waals surface area contributed by atoms with Crippen molar-refractivity contribution >= 4 is 17.1 Å². The van der Waals surface area contributed by atoms with Crippen LogP contribution in [0.15, 0.2) is 51.8 Å². The lowest BCUT2D eigenvalue weighted by Crippen LogP contribution is -2.18. The summed E-state index contributed by atoms with van der Waals surface area (Å²) in [5, 5.41) is 0. The Morgan fingerprint density at radius 1 is 1.27 bits per heavy atom. The van der Waals surface area contributed by atoms with Crippen LogP contribution in [-0.4, -0.2) is 15.5 Å². The number of rotatable bonds is 3. The number of nitrogens with zero attached hydrogens (tertiary/aromatic N) is 2. The molecule has 0 saturated heterocycles. The van der Waals surface area contributed by atoms with Gasteiger partial charge in [-0.05, 0) is 25.1 Å². The van der Waals surface area contributed by atoms with Gasteiger partial charge in [0.15, 0.2) is 11.7 Å². The summed E-state index contributed by atoms with van der Waals surface area (Å²) in [5.41, 5.74) is 1.46. The fourth-order valence-electron chi connectivity index (χ4n) is 2.06. The minimum atomic E-state index is -0.628. The molecule has 0 radical (unpaired) electrons. The van der Waals surface area contributed by atoms with Gasteiger partial charge in [-0.1, -0.05) is 12.1 Å². The molecule has 6 nitrogen and oxygen atoms in total. The average Bonchev–Trinajstić information content (AvgIpc) is 2.94. The predicted molar refractivity (Wildman–Crippen MR) is 79.5 cm³/mol. The van der Waals surface area contributed by atoms with Crippen LogP contribution in [0.3, 0.4) is 0 Å². The summed E-state index contributed by atoms with van der Waals surface area (Å²) in [6.45, 7) is 1.69. The number of esters is 1. The zero-order valence-corrected chi connectivity index (χ0v) is 12.1. The second-order valence-corrected chi connectivity index (χ2v) is 4.93. The Balaban J connectivity index is 1.80. The monoisotopic (exact) mass is 298 g/mol. The smallest absolute Gasteiger partial charge is 0.340 e. The van der Waals surface area contributed by atoms with Crippen LogP contribution < -0.4 is 5.56 Å². The first kappa shape index (κ1) is 14.1. The van der Waals surface area contributed by atoms with E-state index in [4.69, 9.17) is 9.15 Å². The molecule has 1 atom stereocenters. The van der Waals surface area contributed by atoms with Gasteiger partial charge in [-0.3, -0.25) is 4.79 Å². The molecule has 0 saturated carbocycles. The normalized spacial score (nSPS) is 12.3. The number of benzene rings is 1. The molecule has 0 bridgehead atoms. The number of aromatic nitrogens is 2. The Hall–Kier alpha value is -2.89. The minimum absolute atomic E-state index is 0.191. The molecule has 112 valence electrons. The van der Waals surface area contributed by atoms with Crippen LogP contribution in [0.5, 0.6) is 0 Å². The summed E-state index contributed by atoms with van der Waals surface area (Å²) < 4.78 is 12.2. The van der Waals surface area contributed by atoms with Crippen LogP contribution in [0, 0.1) is 0 Å². The highest BCUT2D eigenvalue weighted by Crippen LogP contribution is 2.22. The minimum Gasteiger partial charge on any atom is -0.449 e. The third-order valence-corrected chi connectivity index (χ3v) is 3.26. The first-order valence-corrected chi connectivity index (χ1v) is 6.78. The topological polar surface area (TPSA) is 74.3 Å². The van der Waals surface area contributed by atoms with Gasteiger partial charge >= 0.3 is 5.97 Å². The zero-order valence-electron chi connectivity index (χ0n) is 12.1. The largest absolute Gasteiger partial charge is 0.449 e. The number of hydrogen-bond donors (Lipinski definition) is 0. The van der Waals surface area contributed by atoms with Crippen molar-refractivity contribution in [1.82, 2.24) is 9.55 Å². The van der Waals surface area contributed by atoms with Gasteiger partial charge in [-0.15, -0.1) is 0 Å². The number of hydrogen-bond acceptors (Lipinski definition) is 5. The molecule has 2 heterocycles. The molecule has 0 N–H and O–H groups in total. The van der Waals surface area contributed by atoms with E-state index in [1.54, 1.807) is 20.0 Å². The highest BCUT2D eigenvalue weighted by molar-refractivity contribution is 5.89.